The van der Waals surface area contributed by atoms with E-state index in [1.165, 1.54) is 11.1 Å². The van der Waals surface area contributed by atoms with Gasteiger partial charge in [0.25, 0.3) is 0 Å². The van der Waals surface area contributed by atoms with Crippen LogP contribution in [0.15, 0.2) is 42.5 Å². The SMILES string of the molecule is CCOCc1nc2c(N)nc3cc(Cc4ccc(CCN)cc4)ccc3c2n1CCNS(C)(=O)=O. The molecule has 0 fully saturated rings. The first-order valence-corrected chi connectivity index (χ1v) is 13.6. The number of anilines is 1. The maximum Gasteiger partial charge on any atom is 0.208 e. The molecule has 9 nitrogen and oxygen atoms in total. The second-order valence-electron chi connectivity index (χ2n) is 8.56. The van der Waals surface area contributed by atoms with Crippen LogP contribution in [0.2, 0.25) is 0 Å². The third-order valence-electron chi connectivity index (χ3n) is 5.85. The van der Waals surface area contributed by atoms with Crippen molar-refractivity contribution in [2.45, 2.75) is 32.9 Å². The van der Waals surface area contributed by atoms with E-state index in [1.807, 2.05) is 23.6 Å². The van der Waals surface area contributed by atoms with Crippen molar-refractivity contribution in [3.63, 3.8) is 0 Å². The van der Waals surface area contributed by atoms with Gasteiger partial charge in [0.15, 0.2) is 5.82 Å². The molecule has 0 radical (unpaired) electrons. The lowest BCUT2D eigenvalue weighted by molar-refractivity contribution is 0.126. The van der Waals surface area contributed by atoms with Crippen molar-refractivity contribution in [1.29, 1.82) is 0 Å². The van der Waals surface area contributed by atoms with Gasteiger partial charge in [-0.05, 0) is 49.1 Å². The standard InChI is InChI=1S/C25H32N6O3S/c1-3-34-16-22-30-23-24(31(22)13-12-28-35(2,32)33)20-9-8-19(15-21(20)29-25(23)27)14-18-6-4-17(5-7-18)10-11-26/h4-9,15,28H,3,10-14,16,26H2,1-2H3,(H2,27,29). The third kappa shape index (κ3) is 5.96. The maximum atomic E-state index is 11.6. The fraction of sp³-hybridized carbons (Fsp3) is 0.360. The Morgan fingerprint density at radius 3 is 2.46 bits per heavy atom. The lowest BCUT2D eigenvalue weighted by atomic mass is 10.0. The van der Waals surface area contributed by atoms with Crippen LogP contribution in [-0.2, 0) is 40.8 Å². The topological polar surface area (TPSA) is 138 Å². The van der Waals surface area contributed by atoms with Crippen molar-refractivity contribution in [1.82, 2.24) is 19.3 Å². The monoisotopic (exact) mass is 496 g/mol. The fourth-order valence-electron chi connectivity index (χ4n) is 4.23. The number of nitrogens with one attached hydrogen (secondary N) is 1. The third-order valence-corrected chi connectivity index (χ3v) is 6.58. The van der Waals surface area contributed by atoms with E-state index in [2.05, 4.69) is 40.0 Å². The molecule has 2 heterocycles. The number of pyridine rings is 1. The molecule has 0 bridgehead atoms. The van der Waals surface area contributed by atoms with E-state index in [9.17, 15) is 8.42 Å². The normalized spacial score (nSPS) is 12.1. The number of nitrogens with zero attached hydrogens (tertiary/aromatic N) is 3. The van der Waals surface area contributed by atoms with Gasteiger partial charge in [0, 0.05) is 25.1 Å². The first-order valence-electron chi connectivity index (χ1n) is 11.7. The zero-order chi connectivity index (χ0) is 25.0. The molecule has 5 N–H and O–H groups in total. The zero-order valence-corrected chi connectivity index (χ0v) is 20.9. The minimum absolute atomic E-state index is 0.228. The van der Waals surface area contributed by atoms with Crippen molar-refractivity contribution >= 4 is 37.8 Å². The smallest absolute Gasteiger partial charge is 0.208 e. The number of hydrogen-bond donors (Lipinski definition) is 3. The number of nitrogens with two attached hydrogens (primary N) is 2. The van der Waals surface area contributed by atoms with Crippen LogP contribution in [0.3, 0.4) is 0 Å². The highest BCUT2D eigenvalue weighted by Crippen LogP contribution is 2.30. The number of aromatic nitrogens is 3. The van der Waals surface area contributed by atoms with Gasteiger partial charge in [0.05, 0.1) is 17.3 Å². The van der Waals surface area contributed by atoms with Crippen LogP contribution in [0.1, 0.15) is 29.4 Å². The first-order chi connectivity index (χ1) is 16.8. The highest BCUT2D eigenvalue weighted by molar-refractivity contribution is 7.88. The summed E-state index contributed by atoms with van der Waals surface area (Å²) >= 11 is 0. The summed E-state index contributed by atoms with van der Waals surface area (Å²) in [6, 6.07) is 14.7. The second kappa shape index (κ2) is 10.7. The number of hydrogen-bond acceptors (Lipinski definition) is 7. The number of imidazole rings is 1. The summed E-state index contributed by atoms with van der Waals surface area (Å²) in [5, 5.41) is 0.908. The second-order valence-corrected chi connectivity index (χ2v) is 10.4. The molecule has 0 amide bonds. The summed E-state index contributed by atoms with van der Waals surface area (Å²) in [5.41, 5.74) is 17.7. The Labute approximate surface area is 205 Å². The van der Waals surface area contributed by atoms with E-state index < -0.39 is 10.0 Å². The van der Waals surface area contributed by atoms with Crippen LogP contribution in [-0.4, -0.2) is 48.9 Å². The molecule has 0 saturated carbocycles. The van der Waals surface area contributed by atoms with E-state index in [0.717, 1.165) is 41.1 Å². The molecule has 0 unspecified atom stereocenters. The van der Waals surface area contributed by atoms with E-state index in [4.69, 9.17) is 21.2 Å². The predicted octanol–water partition coefficient (Wildman–Crippen LogP) is 2.34. The summed E-state index contributed by atoms with van der Waals surface area (Å²) in [5.74, 6) is 1.02. The van der Waals surface area contributed by atoms with Crippen LogP contribution in [0.25, 0.3) is 21.9 Å². The number of sulfonamides is 1. The molecule has 0 saturated heterocycles. The molecule has 2 aromatic heterocycles. The van der Waals surface area contributed by atoms with Gasteiger partial charge >= 0.3 is 0 Å². The average molecular weight is 497 g/mol. The molecule has 0 atom stereocenters. The van der Waals surface area contributed by atoms with Crippen LogP contribution < -0.4 is 16.2 Å². The van der Waals surface area contributed by atoms with Crippen molar-refractivity contribution in [3.8, 4) is 0 Å². The Morgan fingerprint density at radius 2 is 1.77 bits per heavy atom. The van der Waals surface area contributed by atoms with Crippen molar-refractivity contribution < 1.29 is 13.2 Å². The molecule has 2 aromatic carbocycles. The summed E-state index contributed by atoms with van der Waals surface area (Å²) < 4.78 is 33.3. The van der Waals surface area contributed by atoms with Crippen molar-refractivity contribution in [3.05, 3.63) is 65.0 Å². The molecular formula is C25H32N6O3S. The summed E-state index contributed by atoms with van der Waals surface area (Å²) in [4.78, 5) is 9.33. The van der Waals surface area contributed by atoms with Crippen molar-refractivity contribution in [2.24, 2.45) is 5.73 Å². The lowest BCUT2D eigenvalue weighted by Gasteiger charge is -2.12. The quantitative estimate of drug-likeness (QED) is 0.290. The van der Waals surface area contributed by atoms with Crippen LogP contribution >= 0.6 is 0 Å². The largest absolute Gasteiger partial charge is 0.382 e. The molecule has 186 valence electrons. The summed E-state index contributed by atoms with van der Waals surface area (Å²) in [6.45, 7) is 4.00. The zero-order valence-electron chi connectivity index (χ0n) is 20.1. The average Bonchev–Trinajstić information content (AvgIpc) is 3.17. The van der Waals surface area contributed by atoms with Gasteiger partial charge in [-0.3, -0.25) is 0 Å². The van der Waals surface area contributed by atoms with Gasteiger partial charge < -0.3 is 20.8 Å². The van der Waals surface area contributed by atoms with E-state index in [1.54, 1.807) is 0 Å². The lowest BCUT2D eigenvalue weighted by Crippen LogP contribution is -2.26. The van der Waals surface area contributed by atoms with Crippen molar-refractivity contribution in [2.75, 3.05) is 31.7 Å². The van der Waals surface area contributed by atoms with E-state index in [0.29, 0.717) is 43.5 Å². The van der Waals surface area contributed by atoms with Gasteiger partial charge in [-0.15, -0.1) is 0 Å². The van der Waals surface area contributed by atoms with Gasteiger partial charge in [0.1, 0.15) is 17.9 Å². The highest BCUT2D eigenvalue weighted by atomic mass is 32.2. The minimum atomic E-state index is -3.31. The number of benzene rings is 2. The van der Waals surface area contributed by atoms with Crippen LogP contribution in [0.4, 0.5) is 5.82 Å². The first kappa shape index (κ1) is 25.1. The Kier molecular flexibility index (Phi) is 7.66. The predicted molar refractivity (Wildman–Crippen MR) is 140 cm³/mol. The molecule has 10 heteroatoms. The van der Waals surface area contributed by atoms with E-state index >= 15 is 0 Å². The molecule has 4 aromatic rings. The van der Waals surface area contributed by atoms with Crippen LogP contribution in [0, 0.1) is 0 Å². The molecular weight excluding hydrogens is 464 g/mol. The molecule has 0 aliphatic rings. The fourth-order valence-corrected chi connectivity index (χ4v) is 4.69. The summed E-state index contributed by atoms with van der Waals surface area (Å²) in [7, 11) is -3.31. The molecule has 0 spiro atoms. The number of fused-ring (bicyclic) bond motifs is 3. The number of nitrogen functional groups attached to an aromatic ring is 1. The van der Waals surface area contributed by atoms with Gasteiger partial charge in [-0.1, -0.05) is 36.4 Å². The molecule has 4 rings (SSSR count). The van der Waals surface area contributed by atoms with Gasteiger partial charge in [-0.2, -0.15) is 0 Å². The Morgan fingerprint density at radius 1 is 1.06 bits per heavy atom. The van der Waals surface area contributed by atoms with Crippen LogP contribution in [0.5, 0.6) is 0 Å². The minimum Gasteiger partial charge on any atom is -0.382 e. The Bertz CT molecular complexity index is 1430. The molecule has 0 aliphatic heterocycles. The number of ether oxygens (including phenoxy) is 1. The highest BCUT2D eigenvalue weighted by Gasteiger charge is 2.18. The van der Waals surface area contributed by atoms with Gasteiger partial charge in [0.2, 0.25) is 10.0 Å². The Balaban J connectivity index is 1.72. The molecule has 0 aliphatic carbocycles. The Hall–Kier alpha value is -3.05. The van der Waals surface area contributed by atoms with E-state index in [-0.39, 0.29) is 6.54 Å². The molecule has 35 heavy (non-hydrogen) atoms. The summed E-state index contributed by atoms with van der Waals surface area (Å²) in [6.07, 6.45) is 2.78. The number of rotatable bonds is 11. The van der Waals surface area contributed by atoms with Gasteiger partial charge in [-0.25, -0.2) is 23.1 Å². The maximum absolute atomic E-state index is 11.6.